The Morgan fingerprint density at radius 1 is 1.50 bits per heavy atom. The zero-order valence-electron chi connectivity index (χ0n) is 12.1. The van der Waals surface area contributed by atoms with Crippen LogP contribution in [-0.2, 0) is 17.8 Å². The minimum absolute atomic E-state index is 0.219. The average Bonchev–Trinajstić information content (AvgIpc) is 2.83. The van der Waals surface area contributed by atoms with Crippen molar-refractivity contribution in [3.8, 4) is 0 Å². The number of rotatable bonds is 6. The average molecular weight is 281 g/mol. The summed E-state index contributed by atoms with van der Waals surface area (Å²) >= 11 is 0. The van der Waals surface area contributed by atoms with Crippen LogP contribution in [0.4, 0.5) is 0 Å². The quantitative estimate of drug-likeness (QED) is 0.829. The molecule has 0 spiro atoms. The van der Waals surface area contributed by atoms with Crippen LogP contribution in [0.5, 0.6) is 0 Å². The molecule has 0 aromatic carbocycles. The second-order valence-electron chi connectivity index (χ2n) is 5.98. The van der Waals surface area contributed by atoms with E-state index in [1.807, 2.05) is 0 Å². The van der Waals surface area contributed by atoms with Gasteiger partial charge in [-0.2, -0.15) is 4.98 Å². The predicted molar refractivity (Wildman–Crippen MR) is 73.1 cm³/mol. The van der Waals surface area contributed by atoms with Crippen LogP contribution in [0.1, 0.15) is 51.2 Å². The Hall–Kier alpha value is -1.43. The standard InChI is InChI=1S/C14H23N3O3/c1-9(2)6-13-16-12(17-20-13)8-15-11-5-3-4-10(7-11)14(18)19/h9-11,15H,3-8H2,1-2H3,(H,18,19). The van der Waals surface area contributed by atoms with Gasteiger partial charge in [0.1, 0.15) is 0 Å². The molecular weight excluding hydrogens is 258 g/mol. The summed E-state index contributed by atoms with van der Waals surface area (Å²) in [6.07, 6.45) is 4.23. The predicted octanol–water partition coefficient (Wildman–Crippen LogP) is 2.00. The number of carbonyl (C=O) groups is 1. The van der Waals surface area contributed by atoms with Gasteiger partial charge in [-0.05, 0) is 25.2 Å². The van der Waals surface area contributed by atoms with Crippen LogP contribution in [0.15, 0.2) is 4.52 Å². The minimum atomic E-state index is -0.685. The fourth-order valence-electron chi connectivity index (χ4n) is 2.63. The second-order valence-corrected chi connectivity index (χ2v) is 5.98. The van der Waals surface area contributed by atoms with Gasteiger partial charge in [0.15, 0.2) is 5.82 Å². The lowest BCUT2D eigenvalue weighted by Gasteiger charge is -2.26. The van der Waals surface area contributed by atoms with Gasteiger partial charge in [-0.25, -0.2) is 0 Å². The molecule has 1 saturated carbocycles. The third-order valence-corrected chi connectivity index (χ3v) is 3.67. The molecule has 1 heterocycles. The van der Waals surface area contributed by atoms with Gasteiger partial charge in [0, 0.05) is 12.5 Å². The third kappa shape index (κ3) is 4.30. The molecule has 2 rings (SSSR count). The smallest absolute Gasteiger partial charge is 0.306 e. The van der Waals surface area contributed by atoms with E-state index in [9.17, 15) is 4.79 Å². The number of hydrogen-bond donors (Lipinski definition) is 2. The number of nitrogens with zero attached hydrogens (tertiary/aromatic N) is 2. The summed E-state index contributed by atoms with van der Waals surface area (Å²) in [5.41, 5.74) is 0. The molecule has 2 atom stereocenters. The van der Waals surface area contributed by atoms with Crippen molar-refractivity contribution in [2.24, 2.45) is 11.8 Å². The zero-order chi connectivity index (χ0) is 14.5. The van der Waals surface area contributed by atoms with Gasteiger partial charge in [-0.3, -0.25) is 4.79 Å². The first-order chi connectivity index (χ1) is 9.54. The van der Waals surface area contributed by atoms with Gasteiger partial charge >= 0.3 is 5.97 Å². The van der Waals surface area contributed by atoms with E-state index in [2.05, 4.69) is 29.3 Å². The number of hydrogen-bond acceptors (Lipinski definition) is 5. The Morgan fingerprint density at radius 2 is 2.30 bits per heavy atom. The van der Waals surface area contributed by atoms with E-state index in [1.54, 1.807) is 0 Å². The molecule has 6 nitrogen and oxygen atoms in total. The lowest BCUT2D eigenvalue weighted by Crippen LogP contribution is -2.36. The van der Waals surface area contributed by atoms with Crippen molar-refractivity contribution in [1.29, 1.82) is 0 Å². The molecule has 2 N–H and O–H groups in total. The highest BCUT2D eigenvalue weighted by molar-refractivity contribution is 5.70. The summed E-state index contributed by atoms with van der Waals surface area (Å²) in [6.45, 7) is 4.75. The fourth-order valence-corrected chi connectivity index (χ4v) is 2.63. The van der Waals surface area contributed by atoms with E-state index in [0.717, 1.165) is 25.7 Å². The summed E-state index contributed by atoms with van der Waals surface area (Å²) in [5, 5.41) is 16.3. The Kier molecular flexibility index (Phi) is 5.11. The maximum Gasteiger partial charge on any atom is 0.306 e. The van der Waals surface area contributed by atoms with E-state index < -0.39 is 5.97 Å². The van der Waals surface area contributed by atoms with Gasteiger partial charge in [-0.1, -0.05) is 25.4 Å². The molecule has 0 bridgehead atoms. The van der Waals surface area contributed by atoms with Crippen molar-refractivity contribution in [3.05, 3.63) is 11.7 Å². The molecule has 0 aliphatic heterocycles. The van der Waals surface area contributed by atoms with Gasteiger partial charge in [0.2, 0.25) is 5.89 Å². The van der Waals surface area contributed by atoms with E-state index >= 15 is 0 Å². The molecular formula is C14H23N3O3. The molecule has 0 amide bonds. The monoisotopic (exact) mass is 281 g/mol. The Bertz CT molecular complexity index is 445. The first-order valence-corrected chi connectivity index (χ1v) is 7.32. The molecule has 0 radical (unpaired) electrons. The van der Waals surface area contributed by atoms with Crippen LogP contribution in [0.3, 0.4) is 0 Å². The second kappa shape index (κ2) is 6.83. The lowest BCUT2D eigenvalue weighted by molar-refractivity contribution is -0.143. The Balaban J connectivity index is 1.79. The largest absolute Gasteiger partial charge is 0.481 e. The van der Waals surface area contributed by atoms with Gasteiger partial charge in [0.25, 0.3) is 0 Å². The van der Waals surface area contributed by atoms with Crippen LogP contribution in [0, 0.1) is 11.8 Å². The van der Waals surface area contributed by atoms with E-state index in [0.29, 0.717) is 30.6 Å². The van der Waals surface area contributed by atoms with Crippen molar-refractivity contribution in [2.45, 2.75) is 58.5 Å². The van der Waals surface area contributed by atoms with Crippen LogP contribution in [0.25, 0.3) is 0 Å². The fraction of sp³-hybridized carbons (Fsp3) is 0.786. The molecule has 112 valence electrons. The van der Waals surface area contributed by atoms with Crippen molar-refractivity contribution in [1.82, 2.24) is 15.5 Å². The maximum absolute atomic E-state index is 11.0. The first-order valence-electron chi connectivity index (χ1n) is 7.32. The van der Waals surface area contributed by atoms with Crippen molar-refractivity contribution in [2.75, 3.05) is 0 Å². The Labute approximate surface area is 118 Å². The summed E-state index contributed by atoms with van der Waals surface area (Å²) in [6, 6.07) is 0.233. The van der Waals surface area contributed by atoms with Crippen LogP contribution in [0.2, 0.25) is 0 Å². The van der Waals surface area contributed by atoms with E-state index in [-0.39, 0.29) is 12.0 Å². The van der Waals surface area contributed by atoms with Crippen LogP contribution >= 0.6 is 0 Å². The summed E-state index contributed by atoms with van der Waals surface area (Å²) in [4.78, 5) is 15.3. The number of aliphatic carboxylic acids is 1. The summed E-state index contributed by atoms with van der Waals surface area (Å²) in [5.74, 6) is 0.909. The lowest BCUT2D eigenvalue weighted by atomic mass is 9.86. The highest BCUT2D eigenvalue weighted by atomic mass is 16.5. The minimum Gasteiger partial charge on any atom is -0.481 e. The number of carboxylic acids is 1. The molecule has 1 aliphatic carbocycles. The molecule has 2 unspecified atom stereocenters. The third-order valence-electron chi connectivity index (χ3n) is 3.67. The van der Waals surface area contributed by atoms with E-state index in [1.165, 1.54) is 0 Å². The van der Waals surface area contributed by atoms with E-state index in [4.69, 9.17) is 9.63 Å². The highest BCUT2D eigenvalue weighted by Gasteiger charge is 2.26. The molecule has 20 heavy (non-hydrogen) atoms. The topological polar surface area (TPSA) is 88.2 Å². The molecule has 1 aliphatic rings. The first kappa shape index (κ1) is 15.0. The molecule has 6 heteroatoms. The summed E-state index contributed by atoms with van der Waals surface area (Å²) < 4.78 is 5.18. The van der Waals surface area contributed by atoms with Gasteiger partial charge in [-0.15, -0.1) is 0 Å². The van der Waals surface area contributed by atoms with Crippen molar-refractivity contribution < 1.29 is 14.4 Å². The molecule has 1 aromatic rings. The van der Waals surface area contributed by atoms with Crippen molar-refractivity contribution >= 4 is 5.97 Å². The van der Waals surface area contributed by atoms with Crippen LogP contribution < -0.4 is 5.32 Å². The molecule has 0 saturated heterocycles. The summed E-state index contributed by atoms with van der Waals surface area (Å²) in [7, 11) is 0. The SMILES string of the molecule is CC(C)Cc1nc(CNC2CCCC(C(=O)O)C2)no1. The van der Waals surface area contributed by atoms with Crippen molar-refractivity contribution in [3.63, 3.8) is 0 Å². The van der Waals surface area contributed by atoms with Gasteiger partial charge in [0.05, 0.1) is 12.5 Å². The maximum atomic E-state index is 11.0. The van der Waals surface area contributed by atoms with Crippen LogP contribution in [-0.4, -0.2) is 27.3 Å². The molecule has 1 fully saturated rings. The zero-order valence-corrected chi connectivity index (χ0v) is 12.1. The number of nitrogens with one attached hydrogen (secondary N) is 1. The van der Waals surface area contributed by atoms with Gasteiger partial charge < -0.3 is 14.9 Å². The number of aromatic nitrogens is 2. The Morgan fingerprint density at radius 3 is 3.00 bits per heavy atom. The molecule has 1 aromatic heterocycles. The highest BCUT2D eigenvalue weighted by Crippen LogP contribution is 2.24. The number of carboxylic acid groups (broad SMARTS) is 1. The normalized spacial score (nSPS) is 23.1.